The summed E-state index contributed by atoms with van der Waals surface area (Å²) in [7, 11) is 1.59. The van der Waals surface area contributed by atoms with E-state index >= 15 is 0 Å². The molecular weight excluding hydrogens is 246 g/mol. The van der Waals surface area contributed by atoms with Gasteiger partial charge in [0.1, 0.15) is 0 Å². The number of hydrogen-bond acceptors (Lipinski definition) is 3. The third kappa shape index (κ3) is 2.78. The van der Waals surface area contributed by atoms with Crippen molar-refractivity contribution < 1.29 is 0 Å². The minimum Gasteiger partial charge on any atom is -0.256 e. The predicted octanol–water partition coefficient (Wildman–Crippen LogP) is 4.48. The van der Waals surface area contributed by atoms with Crippen LogP contribution in [0.1, 0.15) is 30.9 Å². The van der Waals surface area contributed by atoms with Crippen LogP contribution in [-0.4, -0.2) is 10.7 Å². The molecule has 17 heavy (non-hydrogen) atoms. The molecule has 0 spiro atoms. The molecule has 1 nitrogen and oxygen atoms in total. The number of rotatable bonds is 4. The van der Waals surface area contributed by atoms with E-state index in [1.807, 2.05) is 6.20 Å². The zero-order valence-electron chi connectivity index (χ0n) is 10.2. The third-order valence-corrected chi connectivity index (χ3v) is 3.91. The molecule has 0 saturated heterocycles. The lowest BCUT2D eigenvalue weighted by Gasteiger charge is -2.11. The summed E-state index contributed by atoms with van der Waals surface area (Å²) < 4.78 is 0. The molecule has 1 heterocycles. The topological polar surface area (TPSA) is 12.9 Å². The van der Waals surface area contributed by atoms with Crippen LogP contribution >= 0.6 is 22.5 Å². The van der Waals surface area contributed by atoms with Gasteiger partial charge in [-0.05, 0) is 29.5 Å². The van der Waals surface area contributed by atoms with Crippen molar-refractivity contribution in [3.8, 4) is 0 Å². The van der Waals surface area contributed by atoms with E-state index in [0.29, 0.717) is 5.92 Å². The van der Waals surface area contributed by atoms with Gasteiger partial charge in [-0.1, -0.05) is 42.8 Å². The van der Waals surface area contributed by atoms with Gasteiger partial charge in [0.2, 0.25) is 0 Å². The molecule has 0 bridgehead atoms. The summed E-state index contributed by atoms with van der Waals surface area (Å²) in [5.74, 6) is 1.55. The lowest BCUT2D eigenvalue weighted by atomic mass is 9.97. The second kappa shape index (κ2) is 5.78. The van der Waals surface area contributed by atoms with Crippen LogP contribution in [-0.2, 0) is 6.42 Å². The minimum atomic E-state index is 0.515. The fourth-order valence-electron chi connectivity index (χ4n) is 2.10. The zero-order valence-corrected chi connectivity index (χ0v) is 11.9. The summed E-state index contributed by atoms with van der Waals surface area (Å²) in [6.07, 6.45) is 2.97. The van der Waals surface area contributed by atoms with Gasteiger partial charge in [0, 0.05) is 17.3 Å². The second-order valence-corrected chi connectivity index (χ2v) is 5.89. The monoisotopic (exact) mass is 263 g/mol. The summed E-state index contributed by atoms with van der Waals surface area (Å²) in [6, 6.07) is 8.61. The summed E-state index contributed by atoms with van der Waals surface area (Å²) >= 11 is 4.20. The zero-order chi connectivity index (χ0) is 12.3. The van der Waals surface area contributed by atoms with Gasteiger partial charge in [-0.3, -0.25) is 4.98 Å². The molecule has 0 N–H and O–H groups in total. The van der Waals surface area contributed by atoms with Gasteiger partial charge < -0.3 is 0 Å². The van der Waals surface area contributed by atoms with E-state index in [9.17, 15) is 0 Å². The van der Waals surface area contributed by atoms with Crippen LogP contribution in [0.2, 0.25) is 0 Å². The van der Waals surface area contributed by atoms with Gasteiger partial charge in [-0.15, -0.1) is 11.7 Å². The maximum atomic E-state index is 4.55. The van der Waals surface area contributed by atoms with Crippen LogP contribution in [0.15, 0.2) is 30.5 Å². The number of hydrogen-bond donors (Lipinski definition) is 1. The highest BCUT2D eigenvalue weighted by Gasteiger charge is 2.08. The Labute approximate surface area is 112 Å². The maximum Gasteiger partial charge on any atom is 0.0739 e. The number of aryl methyl sites for hydroxylation is 1. The van der Waals surface area contributed by atoms with Crippen LogP contribution in [0.25, 0.3) is 10.9 Å². The standard InChI is InChI=1S/C14H17NS2/c1-10(2)12-4-3-5-13-11(7-9-17-16)6-8-15-14(12)13/h3-6,8,10,16H,7,9H2,1-2H3. The molecule has 0 unspecified atom stereocenters. The van der Waals surface area contributed by atoms with Crippen molar-refractivity contribution in [3.05, 3.63) is 41.6 Å². The average Bonchev–Trinajstić information content (AvgIpc) is 2.35. The molecular formula is C14H17NS2. The fourth-order valence-corrected chi connectivity index (χ4v) is 2.68. The first kappa shape index (κ1) is 12.8. The smallest absolute Gasteiger partial charge is 0.0739 e. The Balaban J connectivity index is 2.53. The lowest BCUT2D eigenvalue weighted by molar-refractivity contribution is 0.872. The summed E-state index contributed by atoms with van der Waals surface area (Å²) in [5.41, 5.74) is 3.87. The van der Waals surface area contributed by atoms with Crippen molar-refractivity contribution in [2.24, 2.45) is 0 Å². The first-order valence-electron chi connectivity index (χ1n) is 5.87. The van der Waals surface area contributed by atoms with Gasteiger partial charge in [0.05, 0.1) is 5.52 Å². The summed E-state index contributed by atoms with van der Waals surface area (Å²) in [5, 5.41) is 1.29. The Morgan fingerprint density at radius 1 is 1.29 bits per heavy atom. The highest BCUT2D eigenvalue weighted by molar-refractivity contribution is 8.68. The van der Waals surface area contributed by atoms with Gasteiger partial charge in [0.25, 0.3) is 0 Å². The predicted molar refractivity (Wildman–Crippen MR) is 81.0 cm³/mol. The summed E-state index contributed by atoms with van der Waals surface area (Å²) in [6.45, 7) is 4.43. The molecule has 0 amide bonds. The second-order valence-electron chi connectivity index (χ2n) is 4.45. The quantitative estimate of drug-likeness (QED) is 0.645. The summed E-state index contributed by atoms with van der Waals surface area (Å²) in [4.78, 5) is 4.55. The molecule has 0 aliphatic carbocycles. The SMILES string of the molecule is CC(C)c1cccc2c(CCSS)ccnc12. The van der Waals surface area contributed by atoms with E-state index in [-0.39, 0.29) is 0 Å². The number of thiol groups is 1. The number of para-hydroxylation sites is 1. The molecule has 90 valence electrons. The van der Waals surface area contributed by atoms with Crippen LogP contribution in [0.4, 0.5) is 0 Å². The molecule has 1 aromatic heterocycles. The normalized spacial score (nSPS) is 11.3. The van der Waals surface area contributed by atoms with E-state index < -0.39 is 0 Å². The van der Waals surface area contributed by atoms with Gasteiger partial charge in [0.15, 0.2) is 0 Å². The van der Waals surface area contributed by atoms with Crippen molar-refractivity contribution in [2.75, 3.05) is 5.75 Å². The Bertz CT molecular complexity index is 509. The molecule has 3 heteroatoms. The average molecular weight is 263 g/mol. The number of benzene rings is 1. The molecule has 0 radical (unpaired) electrons. The molecule has 0 aliphatic heterocycles. The first-order valence-corrected chi connectivity index (χ1v) is 7.90. The van der Waals surface area contributed by atoms with Crippen molar-refractivity contribution in [1.29, 1.82) is 0 Å². The van der Waals surface area contributed by atoms with Gasteiger partial charge in [-0.25, -0.2) is 0 Å². The molecule has 2 rings (SSSR count). The van der Waals surface area contributed by atoms with Crippen molar-refractivity contribution in [1.82, 2.24) is 4.98 Å². The largest absolute Gasteiger partial charge is 0.256 e. The van der Waals surface area contributed by atoms with Crippen LogP contribution in [0, 0.1) is 0 Å². The van der Waals surface area contributed by atoms with E-state index in [0.717, 1.165) is 17.7 Å². The Morgan fingerprint density at radius 3 is 2.82 bits per heavy atom. The maximum absolute atomic E-state index is 4.55. The molecule has 0 fully saturated rings. The number of nitrogens with zero attached hydrogens (tertiary/aromatic N) is 1. The van der Waals surface area contributed by atoms with E-state index in [1.54, 1.807) is 10.8 Å². The fraction of sp³-hybridized carbons (Fsp3) is 0.357. The number of aromatic nitrogens is 1. The van der Waals surface area contributed by atoms with Crippen LogP contribution < -0.4 is 0 Å². The van der Waals surface area contributed by atoms with Crippen molar-refractivity contribution >= 4 is 33.4 Å². The van der Waals surface area contributed by atoms with Crippen LogP contribution in [0.3, 0.4) is 0 Å². The number of fused-ring (bicyclic) bond motifs is 1. The molecule has 0 atom stereocenters. The van der Waals surface area contributed by atoms with E-state index in [1.165, 1.54) is 16.5 Å². The Hall–Kier alpha value is -0.670. The van der Waals surface area contributed by atoms with E-state index in [4.69, 9.17) is 0 Å². The third-order valence-electron chi connectivity index (χ3n) is 2.98. The molecule has 1 aromatic carbocycles. The lowest BCUT2D eigenvalue weighted by Crippen LogP contribution is -1.95. The van der Waals surface area contributed by atoms with Crippen molar-refractivity contribution in [3.63, 3.8) is 0 Å². The highest BCUT2D eigenvalue weighted by Crippen LogP contribution is 2.26. The minimum absolute atomic E-state index is 0.515. The molecule has 0 saturated carbocycles. The molecule has 2 aromatic rings. The first-order chi connectivity index (χ1) is 8.24. The Kier molecular flexibility index (Phi) is 4.35. The van der Waals surface area contributed by atoms with Gasteiger partial charge in [-0.2, -0.15) is 0 Å². The van der Waals surface area contributed by atoms with E-state index in [2.05, 4.69) is 54.8 Å². The Morgan fingerprint density at radius 2 is 2.12 bits per heavy atom. The number of pyridine rings is 1. The highest BCUT2D eigenvalue weighted by atomic mass is 33.1. The molecule has 0 aliphatic rings. The van der Waals surface area contributed by atoms with Gasteiger partial charge >= 0.3 is 0 Å². The van der Waals surface area contributed by atoms with Crippen molar-refractivity contribution in [2.45, 2.75) is 26.2 Å². The van der Waals surface area contributed by atoms with Crippen LogP contribution in [0.5, 0.6) is 0 Å².